The zero-order chi connectivity index (χ0) is 13.5. The highest BCUT2D eigenvalue weighted by atomic mass is 16.5. The Morgan fingerprint density at radius 1 is 1.17 bits per heavy atom. The van der Waals surface area contributed by atoms with E-state index in [1.807, 2.05) is 6.92 Å². The second-order valence-electron chi connectivity index (χ2n) is 5.18. The normalized spacial score (nSPS) is 12.7. The fourth-order valence-electron chi connectivity index (χ4n) is 2.49. The lowest BCUT2D eigenvalue weighted by molar-refractivity contribution is 0.142. The molecule has 0 radical (unpaired) electrons. The molecule has 1 aromatic carbocycles. The number of rotatable bonds is 7. The van der Waals surface area contributed by atoms with Crippen molar-refractivity contribution >= 4 is 0 Å². The maximum atomic E-state index is 6.21. The number of hydrogen-bond acceptors (Lipinski definition) is 2. The minimum atomic E-state index is 0.241. The van der Waals surface area contributed by atoms with Crippen LogP contribution in [0.3, 0.4) is 0 Å². The maximum absolute atomic E-state index is 6.21. The molecular formula is C16H27NO. The summed E-state index contributed by atoms with van der Waals surface area (Å²) in [7, 11) is 0. The molecule has 0 saturated carbocycles. The predicted molar refractivity (Wildman–Crippen MR) is 78.1 cm³/mol. The first-order valence-electron chi connectivity index (χ1n) is 6.94. The third kappa shape index (κ3) is 4.79. The van der Waals surface area contributed by atoms with Gasteiger partial charge in [-0.3, -0.25) is 0 Å². The minimum Gasteiger partial charge on any atom is -0.382 e. The van der Waals surface area contributed by atoms with E-state index in [1.54, 1.807) is 0 Å². The first kappa shape index (κ1) is 15.2. The van der Waals surface area contributed by atoms with Crippen LogP contribution in [0, 0.1) is 20.8 Å². The first-order valence-corrected chi connectivity index (χ1v) is 6.94. The Labute approximate surface area is 112 Å². The van der Waals surface area contributed by atoms with E-state index in [9.17, 15) is 0 Å². The summed E-state index contributed by atoms with van der Waals surface area (Å²) in [6.07, 6.45) is 3.07. The van der Waals surface area contributed by atoms with Gasteiger partial charge in [0.05, 0.1) is 0 Å². The zero-order valence-corrected chi connectivity index (χ0v) is 12.3. The molecular weight excluding hydrogens is 222 g/mol. The maximum Gasteiger partial charge on any atom is 0.0466 e. The van der Waals surface area contributed by atoms with Gasteiger partial charge in [0.1, 0.15) is 0 Å². The summed E-state index contributed by atoms with van der Waals surface area (Å²) in [5.41, 5.74) is 11.7. The number of benzene rings is 1. The van der Waals surface area contributed by atoms with Crippen LogP contribution < -0.4 is 5.73 Å². The monoisotopic (exact) mass is 249 g/mol. The molecule has 0 aliphatic carbocycles. The molecule has 0 bridgehead atoms. The van der Waals surface area contributed by atoms with Gasteiger partial charge in [0.2, 0.25) is 0 Å². The standard InChI is InChI=1S/C16H27NO/c1-5-18-8-6-7-15(17)11-16-13(3)9-12(2)10-14(16)4/h9-10,15H,5-8,11,17H2,1-4H3. The molecule has 0 heterocycles. The van der Waals surface area contributed by atoms with Gasteiger partial charge in [0.15, 0.2) is 0 Å². The van der Waals surface area contributed by atoms with Gasteiger partial charge in [-0.15, -0.1) is 0 Å². The molecule has 1 atom stereocenters. The van der Waals surface area contributed by atoms with Crippen molar-refractivity contribution in [2.45, 2.75) is 53.0 Å². The van der Waals surface area contributed by atoms with Crippen LogP contribution >= 0.6 is 0 Å². The van der Waals surface area contributed by atoms with Crippen molar-refractivity contribution in [2.75, 3.05) is 13.2 Å². The summed E-state index contributed by atoms with van der Waals surface area (Å²) in [6, 6.07) is 4.73. The Kier molecular flexibility index (Phi) is 6.37. The van der Waals surface area contributed by atoms with Gasteiger partial charge in [-0.1, -0.05) is 17.7 Å². The minimum absolute atomic E-state index is 0.241. The van der Waals surface area contributed by atoms with E-state index in [0.717, 1.165) is 32.5 Å². The lowest BCUT2D eigenvalue weighted by Gasteiger charge is -2.16. The molecule has 0 spiro atoms. The van der Waals surface area contributed by atoms with Crippen LogP contribution in [0.1, 0.15) is 42.0 Å². The van der Waals surface area contributed by atoms with Gasteiger partial charge in [-0.25, -0.2) is 0 Å². The SMILES string of the molecule is CCOCCCC(N)Cc1c(C)cc(C)cc1C. The zero-order valence-electron chi connectivity index (χ0n) is 12.3. The highest BCUT2D eigenvalue weighted by Gasteiger charge is 2.09. The van der Waals surface area contributed by atoms with Gasteiger partial charge >= 0.3 is 0 Å². The number of ether oxygens (including phenoxy) is 1. The third-order valence-corrected chi connectivity index (χ3v) is 3.37. The van der Waals surface area contributed by atoms with Crippen molar-refractivity contribution in [3.63, 3.8) is 0 Å². The van der Waals surface area contributed by atoms with Gasteiger partial charge in [-0.05, 0) is 63.6 Å². The number of aryl methyl sites for hydroxylation is 3. The molecule has 0 fully saturated rings. The van der Waals surface area contributed by atoms with E-state index in [0.29, 0.717) is 0 Å². The Balaban J connectivity index is 2.51. The summed E-state index contributed by atoms with van der Waals surface area (Å²) < 4.78 is 5.34. The van der Waals surface area contributed by atoms with E-state index in [-0.39, 0.29) is 6.04 Å². The molecule has 102 valence electrons. The Morgan fingerprint density at radius 2 is 1.78 bits per heavy atom. The summed E-state index contributed by atoms with van der Waals surface area (Å²) in [6.45, 7) is 10.2. The quantitative estimate of drug-likeness (QED) is 0.753. The van der Waals surface area contributed by atoms with Crippen molar-refractivity contribution < 1.29 is 4.74 Å². The first-order chi connectivity index (χ1) is 8.54. The largest absolute Gasteiger partial charge is 0.382 e. The summed E-state index contributed by atoms with van der Waals surface area (Å²) in [4.78, 5) is 0. The Morgan fingerprint density at radius 3 is 2.33 bits per heavy atom. The van der Waals surface area contributed by atoms with E-state index in [1.165, 1.54) is 22.3 Å². The van der Waals surface area contributed by atoms with Crippen LogP contribution in [0.15, 0.2) is 12.1 Å². The molecule has 1 rings (SSSR count). The third-order valence-electron chi connectivity index (χ3n) is 3.37. The topological polar surface area (TPSA) is 35.2 Å². The summed E-state index contributed by atoms with van der Waals surface area (Å²) in [5.74, 6) is 0. The number of nitrogens with two attached hydrogens (primary N) is 1. The molecule has 0 aliphatic rings. The van der Waals surface area contributed by atoms with Crippen molar-refractivity contribution in [3.8, 4) is 0 Å². The highest BCUT2D eigenvalue weighted by molar-refractivity contribution is 5.37. The lowest BCUT2D eigenvalue weighted by atomic mass is 9.93. The van der Waals surface area contributed by atoms with E-state index >= 15 is 0 Å². The molecule has 1 aromatic rings. The summed E-state index contributed by atoms with van der Waals surface area (Å²) >= 11 is 0. The van der Waals surface area contributed by atoms with Gasteiger partial charge < -0.3 is 10.5 Å². The molecule has 18 heavy (non-hydrogen) atoms. The fraction of sp³-hybridized carbons (Fsp3) is 0.625. The molecule has 1 unspecified atom stereocenters. The van der Waals surface area contributed by atoms with Crippen LogP contribution in [0.25, 0.3) is 0 Å². The van der Waals surface area contributed by atoms with Gasteiger partial charge in [-0.2, -0.15) is 0 Å². The second kappa shape index (κ2) is 7.55. The molecule has 2 N–H and O–H groups in total. The smallest absolute Gasteiger partial charge is 0.0466 e. The average molecular weight is 249 g/mol. The van der Waals surface area contributed by atoms with Crippen LogP contribution in [0.2, 0.25) is 0 Å². The molecule has 0 aliphatic heterocycles. The molecule has 0 amide bonds. The van der Waals surface area contributed by atoms with E-state index in [2.05, 4.69) is 32.9 Å². The fourth-order valence-corrected chi connectivity index (χ4v) is 2.49. The second-order valence-corrected chi connectivity index (χ2v) is 5.18. The van der Waals surface area contributed by atoms with Crippen molar-refractivity contribution in [2.24, 2.45) is 5.73 Å². The van der Waals surface area contributed by atoms with Crippen molar-refractivity contribution in [3.05, 3.63) is 34.4 Å². The molecule has 2 nitrogen and oxygen atoms in total. The lowest BCUT2D eigenvalue weighted by Crippen LogP contribution is -2.24. The van der Waals surface area contributed by atoms with Gasteiger partial charge in [0, 0.05) is 19.3 Å². The Hall–Kier alpha value is -0.860. The number of hydrogen-bond donors (Lipinski definition) is 1. The van der Waals surface area contributed by atoms with Gasteiger partial charge in [0.25, 0.3) is 0 Å². The van der Waals surface area contributed by atoms with E-state index < -0.39 is 0 Å². The van der Waals surface area contributed by atoms with E-state index in [4.69, 9.17) is 10.5 Å². The summed E-state index contributed by atoms with van der Waals surface area (Å²) in [5, 5.41) is 0. The molecule has 0 saturated heterocycles. The van der Waals surface area contributed by atoms with Crippen LogP contribution in [0.4, 0.5) is 0 Å². The van der Waals surface area contributed by atoms with Crippen LogP contribution in [-0.2, 0) is 11.2 Å². The van der Waals surface area contributed by atoms with Crippen LogP contribution in [-0.4, -0.2) is 19.3 Å². The van der Waals surface area contributed by atoms with Crippen molar-refractivity contribution in [1.82, 2.24) is 0 Å². The molecule has 0 aromatic heterocycles. The van der Waals surface area contributed by atoms with Crippen molar-refractivity contribution in [1.29, 1.82) is 0 Å². The predicted octanol–water partition coefficient (Wildman–Crippen LogP) is 3.30. The molecule has 2 heteroatoms. The average Bonchev–Trinajstić information content (AvgIpc) is 2.29. The van der Waals surface area contributed by atoms with Crippen LogP contribution in [0.5, 0.6) is 0 Å². The highest BCUT2D eigenvalue weighted by Crippen LogP contribution is 2.18. The Bertz CT molecular complexity index is 350.